The Morgan fingerprint density at radius 1 is 1.42 bits per heavy atom. The highest BCUT2D eigenvalue weighted by atomic mass is 35.5. The minimum atomic E-state index is 0.569. The minimum Gasteiger partial charge on any atom is -0.126 e. The second kappa shape index (κ2) is 3.21. The van der Waals surface area contributed by atoms with Crippen molar-refractivity contribution in [1.82, 2.24) is 0 Å². The molecule has 3 atom stereocenters. The molecular weight excluding hydrogens is 168 g/mol. The van der Waals surface area contributed by atoms with Gasteiger partial charge in [0, 0.05) is 5.88 Å². The maximum atomic E-state index is 6.14. The van der Waals surface area contributed by atoms with Crippen LogP contribution in [0.25, 0.3) is 0 Å². The van der Waals surface area contributed by atoms with Gasteiger partial charge in [0.15, 0.2) is 0 Å². The van der Waals surface area contributed by atoms with Crippen LogP contribution in [0, 0.1) is 17.3 Å². The molecule has 0 heterocycles. The van der Waals surface area contributed by atoms with Gasteiger partial charge in [-0.25, -0.2) is 0 Å². The maximum Gasteiger partial charge on any atom is 0.0282 e. The number of hydrogen-bond donors (Lipinski definition) is 0. The van der Waals surface area contributed by atoms with E-state index in [4.69, 9.17) is 11.6 Å². The van der Waals surface area contributed by atoms with Crippen molar-refractivity contribution in [2.45, 2.75) is 45.4 Å². The van der Waals surface area contributed by atoms with Gasteiger partial charge < -0.3 is 0 Å². The average molecular weight is 187 g/mol. The Balaban J connectivity index is 2.08. The van der Waals surface area contributed by atoms with Crippen molar-refractivity contribution in [3.05, 3.63) is 0 Å². The summed E-state index contributed by atoms with van der Waals surface area (Å²) in [6, 6.07) is 0. The van der Waals surface area contributed by atoms with Gasteiger partial charge in [0.1, 0.15) is 0 Å². The number of halogens is 1. The van der Waals surface area contributed by atoms with Gasteiger partial charge in [-0.2, -0.15) is 0 Å². The molecule has 0 N–H and O–H groups in total. The Morgan fingerprint density at radius 3 is 2.67 bits per heavy atom. The summed E-state index contributed by atoms with van der Waals surface area (Å²) >= 11 is 6.14. The first-order chi connectivity index (χ1) is 5.80. The van der Waals surface area contributed by atoms with E-state index < -0.39 is 0 Å². The van der Waals surface area contributed by atoms with Crippen molar-refractivity contribution < 1.29 is 0 Å². The van der Waals surface area contributed by atoms with Crippen LogP contribution in [0.5, 0.6) is 0 Å². The molecule has 0 spiro atoms. The lowest BCUT2D eigenvalue weighted by atomic mass is 9.72. The zero-order valence-electron chi connectivity index (χ0n) is 7.98. The van der Waals surface area contributed by atoms with Crippen LogP contribution in [0.2, 0.25) is 0 Å². The van der Waals surface area contributed by atoms with Gasteiger partial charge in [0.05, 0.1) is 0 Å². The molecule has 0 nitrogen and oxygen atoms in total. The van der Waals surface area contributed by atoms with Crippen molar-refractivity contribution in [2.24, 2.45) is 17.3 Å². The zero-order valence-corrected chi connectivity index (χ0v) is 8.74. The molecule has 0 radical (unpaired) electrons. The highest BCUT2D eigenvalue weighted by Gasteiger charge is 2.49. The van der Waals surface area contributed by atoms with E-state index in [-0.39, 0.29) is 0 Å². The van der Waals surface area contributed by atoms with E-state index in [9.17, 15) is 0 Å². The predicted octanol–water partition coefficient (Wildman–Crippen LogP) is 3.83. The molecule has 2 aliphatic rings. The Kier molecular flexibility index (Phi) is 2.37. The molecule has 0 aromatic heterocycles. The highest BCUT2D eigenvalue weighted by molar-refractivity contribution is 6.18. The fourth-order valence-corrected chi connectivity index (χ4v) is 4.05. The predicted molar refractivity (Wildman–Crippen MR) is 53.5 cm³/mol. The molecule has 0 aromatic carbocycles. The van der Waals surface area contributed by atoms with Crippen LogP contribution in [0.15, 0.2) is 0 Å². The molecule has 1 heteroatoms. The Bertz CT molecular complexity index is 166. The molecule has 2 rings (SSSR count). The fourth-order valence-electron chi connectivity index (χ4n) is 3.59. The Hall–Kier alpha value is 0.290. The summed E-state index contributed by atoms with van der Waals surface area (Å²) in [4.78, 5) is 0. The maximum absolute atomic E-state index is 6.14. The number of alkyl halides is 1. The quantitative estimate of drug-likeness (QED) is 0.588. The number of fused-ring (bicyclic) bond motifs is 2. The molecule has 2 bridgehead atoms. The lowest BCUT2D eigenvalue weighted by Gasteiger charge is -2.35. The van der Waals surface area contributed by atoms with E-state index in [1.165, 1.54) is 38.5 Å². The summed E-state index contributed by atoms with van der Waals surface area (Å²) in [6.45, 7) is 2.29. The van der Waals surface area contributed by atoms with Gasteiger partial charge >= 0.3 is 0 Å². The molecule has 2 saturated carbocycles. The summed E-state index contributed by atoms with van der Waals surface area (Å²) in [5.74, 6) is 2.95. The number of rotatable bonds is 3. The van der Waals surface area contributed by atoms with Gasteiger partial charge in [-0.05, 0) is 42.9 Å². The van der Waals surface area contributed by atoms with E-state index in [2.05, 4.69) is 6.92 Å². The smallest absolute Gasteiger partial charge is 0.0282 e. The minimum absolute atomic E-state index is 0.569. The monoisotopic (exact) mass is 186 g/mol. The van der Waals surface area contributed by atoms with Crippen LogP contribution >= 0.6 is 11.6 Å². The third-order valence-corrected chi connectivity index (χ3v) is 4.65. The standard InChI is InChI=1S/C11H19Cl/c1-2-5-11(8-12)7-9-3-4-10(11)6-9/h9-10H,2-8H2,1H3. The third kappa shape index (κ3) is 1.19. The molecule has 12 heavy (non-hydrogen) atoms. The molecule has 0 amide bonds. The Morgan fingerprint density at radius 2 is 2.25 bits per heavy atom. The largest absolute Gasteiger partial charge is 0.126 e. The van der Waals surface area contributed by atoms with Gasteiger partial charge in [0.25, 0.3) is 0 Å². The molecule has 0 aromatic rings. The zero-order chi connectivity index (χ0) is 8.60. The number of hydrogen-bond acceptors (Lipinski definition) is 0. The van der Waals surface area contributed by atoms with Crippen molar-refractivity contribution in [3.63, 3.8) is 0 Å². The summed E-state index contributed by atoms with van der Waals surface area (Å²) in [5.41, 5.74) is 0.569. The lowest BCUT2D eigenvalue weighted by molar-refractivity contribution is 0.176. The molecule has 0 saturated heterocycles. The third-order valence-electron chi connectivity index (χ3n) is 4.12. The lowest BCUT2D eigenvalue weighted by Crippen LogP contribution is -2.29. The summed E-state index contributed by atoms with van der Waals surface area (Å²) < 4.78 is 0. The second-order valence-electron chi connectivity index (χ2n) is 4.83. The Labute approximate surface area is 80.7 Å². The van der Waals surface area contributed by atoms with Crippen LogP contribution in [-0.2, 0) is 0 Å². The first kappa shape index (κ1) is 8.87. The molecular formula is C11H19Cl. The van der Waals surface area contributed by atoms with E-state index in [0.717, 1.165) is 17.7 Å². The van der Waals surface area contributed by atoms with E-state index in [1.54, 1.807) is 0 Å². The van der Waals surface area contributed by atoms with E-state index >= 15 is 0 Å². The average Bonchev–Trinajstić information content (AvgIpc) is 2.64. The van der Waals surface area contributed by atoms with Crippen LogP contribution in [0.4, 0.5) is 0 Å². The molecule has 70 valence electrons. The molecule has 3 unspecified atom stereocenters. The first-order valence-corrected chi connectivity index (χ1v) is 5.90. The fraction of sp³-hybridized carbons (Fsp3) is 1.00. The van der Waals surface area contributed by atoms with Crippen molar-refractivity contribution in [2.75, 3.05) is 5.88 Å². The molecule has 2 aliphatic carbocycles. The van der Waals surface area contributed by atoms with Crippen LogP contribution in [-0.4, -0.2) is 5.88 Å². The first-order valence-electron chi connectivity index (χ1n) is 5.36. The molecule has 2 fully saturated rings. The summed E-state index contributed by atoms with van der Waals surface area (Å²) in [7, 11) is 0. The van der Waals surface area contributed by atoms with Crippen molar-refractivity contribution >= 4 is 11.6 Å². The van der Waals surface area contributed by atoms with Crippen LogP contribution in [0.3, 0.4) is 0 Å². The van der Waals surface area contributed by atoms with Gasteiger partial charge in [-0.15, -0.1) is 11.6 Å². The van der Waals surface area contributed by atoms with E-state index in [0.29, 0.717) is 5.41 Å². The van der Waals surface area contributed by atoms with Gasteiger partial charge in [-0.3, -0.25) is 0 Å². The van der Waals surface area contributed by atoms with Gasteiger partial charge in [-0.1, -0.05) is 19.8 Å². The van der Waals surface area contributed by atoms with Crippen LogP contribution in [0.1, 0.15) is 45.4 Å². The van der Waals surface area contributed by atoms with E-state index in [1.807, 2.05) is 0 Å². The van der Waals surface area contributed by atoms with Crippen LogP contribution < -0.4 is 0 Å². The van der Waals surface area contributed by atoms with Crippen molar-refractivity contribution in [3.8, 4) is 0 Å². The summed E-state index contributed by atoms with van der Waals surface area (Å²) in [5, 5.41) is 0. The second-order valence-corrected chi connectivity index (χ2v) is 5.09. The topological polar surface area (TPSA) is 0 Å². The molecule has 0 aliphatic heterocycles. The van der Waals surface area contributed by atoms with Gasteiger partial charge in [0.2, 0.25) is 0 Å². The van der Waals surface area contributed by atoms with Crippen molar-refractivity contribution in [1.29, 1.82) is 0 Å². The SMILES string of the molecule is CCCC1(CCl)CC2CCC1C2. The highest BCUT2D eigenvalue weighted by Crippen LogP contribution is 2.58. The summed E-state index contributed by atoms with van der Waals surface area (Å²) in [6.07, 6.45) is 8.58. The normalized spacial score (nSPS) is 45.5.